The molecule has 1 rings (SSSR count). The van der Waals surface area contributed by atoms with Crippen molar-refractivity contribution in [3.63, 3.8) is 0 Å². The van der Waals surface area contributed by atoms with Crippen LogP contribution in [0.2, 0.25) is 0 Å². The first-order valence-electron chi connectivity index (χ1n) is 6.17. The normalized spacial score (nSPS) is 9.94. The van der Waals surface area contributed by atoms with E-state index in [1.54, 1.807) is 0 Å². The fourth-order valence-electron chi connectivity index (χ4n) is 1.64. The van der Waals surface area contributed by atoms with Crippen LogP contribution in [0.1, 0.15) is 37.8 Å². The van der Waals surface area contributed by atoms with Gasteiger partial charge in [-0.2, -0.15) is 0 Å². The van der Waals surface area contributed by atoms with Gasteiger partial charge in [0.05, 0.1) is 12.6 Å². The predicted molar refractivity (Wildman–Crippen MR) is 72.1 cm³/mol. The highest BCUT2D eigenvalue weighted by Gasteiger charge is 2.05. The summed E-state index contributed by atoms with van der Waals surface area (Å²) in [5, 5.41) is 0. The molecule has 0 amide bonds. The molecule has 0 radical (unpaired) electrons. The summed E-state index contributed by atoms with van der Waals surface area (Å²) in [6.07, 6.45) is 2.37. The molecule has 1 aromatic carbocycles. The molecule has 0 saturated carbocycles. The van der Waals surface area contributed by atoms with Crippen LogP contribution in [0.3, 0.4) is 0 Å². The van der Waals surface area contributed by atoms with Crippen molar-refractivity contribution in [1.82, 2.24) is 0 Å². The highest BCUT2D eigenvalue weighted by Crippen LogP contribution is 2.19. The molecule has 0 aliphatic heterocycles. The van der Waals surface area contributed by atoms with E-state index in [-0.39, 0.29) is 0 Å². The summed E-state index contributed by atoms with van der Waals surface area (Å²) in [6.45, 7) is 6.72. The Morgan fingerprint density at radius 3 is 2.53 bits per heavy atom. The van der Waals surface area contributed by atoms with Gasteiger partial charge in [0.2, 0.25) is 0 Å². The standard InChI is InChI=1S/C15H21NO/c1-4-14(5-2)17-15-9-8-13(7-6-10-16)12(3)11-15/h8-9,11,14H,4-5,10,16H2,1-3H3. The lowest BCUT2D eigenvalue weighted by molar-refractivity contribution is 0.193. The fraction of sp³-hybridized carbons (Fsp3) is 0.467. The van der Waals surface area contributed by atoms with Crippen molar-refractivity contribution < 1.29 is 4.74 Å². The number of hydrogen-bond acceptors (Lipinski definition) is 2. The second-order valence-electron chi connectivity index (χ2n) is 4.04. The van der Waals surface area contributed by atoms with E-state index in [1.807, 2.05) is 25.1 Å². The molecule has 0 fully saturated rings. The van der Waals surface area contributed by atoms with E-state index in [0.717, 1.165) is 29.7 Å². The predicted octanol–water partition coefficient (Wildman–Crippen LogP) is 2.87. The fourth-order valence-corrected chi connectivity index (χ4v) is 1.64. The van der Waals surface area contributed by atoms with Crippen molar-refractivity contribution in [3.8, 4) is 17.6 Å². The van der Waals surface area contributed by atoms with Gasteiger partial charge in [-0.1, -0.05) is 25.7 Å². The second kappa shape index (κ2) is 6.98. The molecule has 0 heterocycles. The van der Waals surface area contributed by atoms with Crippen LogP contribution in [0.4, 0.5) is 0 Å². The van der Waals surface area contributed by atoms with Crippen molar-refractivity contribution in [2.45, 2.75) is 39.7 Å². The third-order valence-electron chi connectivity index (χ3n) is 2.74. The molecule has 17 heavy (non-hydrogen) atoms. The van der Waals surface area contributed by atoms with Crippen LogP contribution in [0.5, 0.6) is 5.75 Å². The monoisotopic (exact) mass is 231 g/mol. The van der Waals surface area contributed by atoms with E-state index < -0.39 is 0 Å². The Labute approximate surface area is 104 Å². The van der Waals surface area contributed by atoms with Gasteiger partial charge in [-0.05, 0) is 43.5 Å². The molecule has 1 aromatic rings. The molecule has 0 aliphatic rings. The quantitative estimate of drug-likeness (QED) is 0.809. The zero-order valence-electron chi connectivity index (χ0n) is 10.9. The molecule has 0 bridgehead atoms. The number of nitrogens with two attached hydrogens (primary N) is 1. The van der Waals surface area contributed by atoms with Gasteiger partial charge in [0.1, 0.15) is 5.75 Å². The summed E-state index contributed by atoms with van der Waals surface area (Å²) in [4.78, 5) is 0. The highest BCUT2D eigenvalue weighted by molar-refractivity contribution is 5.44. The third-order valence-corrected chi connectivity index (χ3v) is 2.74. The highest BCUT2D eigenvalue weighted by atomic mass is 16.5. The van der Waals surface area contributed by atoms with E-state index in [2.05, 4.69) is 25.7 Å². The molecule has 0 atom stereocenters. The number of hydrogen-bond donors (Lipinski definition) is 1. The summed E-state index contributed by atoms with van der Waals surface area (Å²) in [5.41, 5.74) is 7.51. The molecular formula is C15H21NO. The summed E-state index contributed by atoms with van der Waals surface area (Å²) >= 11 is 0. The van der Waals surface area contributed by atoms with Crippen LogP contribution in [-0.2, 0) is 0 Å². The van der Waals surface area contributed by atoms with E-state index in [9.17, 15) is 0 Å². The van der Waals surface area contributed by atoms with Gasteiger partial charge in [0.15, 0.2) is 0 Å². The molecule has 2 nitrogen and oxygen atoms in total. The minimum absolute atomic E-state index is 0.301. The number of benzene rings is 1. The van der Waals surface area contributed by atoms with Gasteiger partial charge >= 0.3 is 0 Å². The lowest BCUT2D eigenvalue weighted by Gasteiger charge is -2.16. The van der Waals surface area contributed by atoms with Crippen LogP contribution in [0.25, 0.3) is 0 Å². The maximum Gasteiger partial charge on any atom is 0.120 e. The molecule has 0 aliphatic carbocycles. The maximum absolute atomic E-state index is 5.88. The summed E-state index contributed by atoms with van der Waals surface area (Å²) in [5.74, 6) is 6.84. The zero-order valence-corrected chi connectivity index (χ0v) is 10.9. The smallest absolute Gasteiger partial charge is 0.120 e. The zero-order chi connectivity index (χ0) is 12.7. The van der Waals surface area contributed by atoms with Crippen LogP contribution in [0.15, 0.2) is 18.2 Å². The first-order valence-corrected chi connectivity index (χ1v) is 6.17. The maximum atomic E-state index is 5.88. The Bertz CT molecular complexity index is 411. The van der Waals surface area contributed by atoms with Gasteiger partial charge in [-0.25, -0.2) is 0 Å². The Morgan fingerprint density at radius 2 is 2.00 bits per heavy atom. The average Bonchev–Trinajstić information content (AvgIpc) is 2.35. The van der Waals surface area contributed by atoms with E-state index in [1.165, 1.54) is 0 Å². The van der Waals surface area contributed by atoms with Gasteiger partial charge in [-0.3, -0.25) is 0 Å². The van der Waals surface area contributed by atoms with E-state index in [4.69, 9.17) is 10.5 Å². The van der Waals surface area contributed by atoms with E-state index in [0.29, 0.717) is 12.6 Å². The number of rotatable bonds is 4. The Balaban J connectivity index is 2.81. The third kappa shape index (κ3) is 4.13. The van der Waals surface area contributed by atoms with Crippen LogP contribution >= 0.6 is 0 Å². The van der Waals surface area contributed by atoms with Gasteiger partial charge in [0, 0.05) is 5.56 Å². The van der Waals surface area contributed by atoms with E-state index >= 15 is 0 Å². The average molecular weight is 231 g/mol. The Morgan fingerprint density at radius 1 is 1.29 bits per heavy atom. The second-order valence-corrected chi connectivity index (χ2v) is 4.04. The molecule has 2 heteroatoms. The molecule has 92 valence electrons. The molecular weight excluding hydrogens is 210 g/mol. The van der Waals surface area contributed by atoms with Gasteiger partial charge in [-0.15, -0.1) is 0 Å². The van der Waals surface area contributed by atoms with Gasteiger partial charge < -0.3 is 10.5 Å². The SMILES string of the molecule is CCC(CC)Oc1ccc(C#CCN)c(C)c1. The molecule has 2 N–H and O–H groups in total. The van der Waals surface area contributed by atoms with Crippen molar-refractivity contribution >= 4 is 0 Å². The molecule has 0 aromatic heterocycles. The Kier molecular flexibility index (Phi) is 5.59. The molecule has 0 unspecified atom stereocenters. The van der Waals surface area contributed by atoms with Crippen LogP contribution in [0, 0.1) is 18.8 Å². The molecule has 0 spiro atoms. The van der Waals surface area contributed by atoms with Crippen LogP contribution < -0.4 is 10.5 Å². The van der Waals surface area contributed by atoms with Crippen LogP contribution in [-0.4, -0.2) is 12.6 Å². The van der Waals surface area contributed by atoms with Crippen molar-refractivity contribution in [2.75, 3.05) is 6.54 Å². The minimum Gasteiger partial charge on any atom is -0.490 e. The molecule has 0 saturated heterocycles. The summed E-state index contributed by atoms with van der Waals surface area (Å²) in [7, 11) is 0. The number of aryl methyl sites for hydroxylation is 1. The topological polar surface area (TPSA) is 35.2 Å². The number of ether oxygens (including phenoxy) is 1. The minimum atomic E-state index is 0.301. The van der Waals surface area contributed by atoms with Crippen molar-refractivity contribution in [2.24, 2.45) is 5.73 Å². The Hall–Kier alpha value is -1.46. The van der Waals surface area contributed by atoms with Crippen molar-refractivity contribution in [3.05, 3.63) is 29.3 Å². The summed E-state index contributed by atoms with van der Waals surface area (Å²) in [6, 6.07) is 6.01. The van der Waals surface area contributed by atoms with Gasteiger partial charge in [0.25, 0.3) is 0 Å². The first-order chi connectivity index (χ1) is 8.21. The summed E-state index contributed by atoms with van der Waals surface area (Å²) < 4.78 is 5.88. The lowest BCUT2D eigenvalue weighted by atomic mass is 10.1. The largest absolute Gasteiger partial charge is 0.490 e. The lowest BCUT2D eigenvalue weighted by Crippen LogP contribution is -2.13. The van der Waals surface area contributed by atoms with Crippen molar-refractivity contribution in [1.29, 1.82) is 0 Å². The first kappa shape index (κ1) is 13.6.